The maximum Gasteiger partial charge on any atom is 0.181 e. The molecule has 0 saturated heterocycles. The summed E-state index contributed by atoms with van der Waals surface area (Å²) in [5.74, 6) is 1.50. The van der Waals surface area contributed by atoms with Crippen LogP contribution in [0.5, 0.6) is 11.5 Å². The van der Waals surface area contributed by atoms with E-state index >= 15 is 0 Å². The van der Waals surface area contributed by atoms with Gasteiger partial charge in [-0.3, -0.25) is 0 Å². The molecule has 5 heteroatoms. The van der Waals surface area contributed by atoms with Crippen molar-refractivity contribution in [3.05, 3.63) is 66.7 Å². The van der Waals surface area contributed by atoms with Crippen LogP contribution in [0.25, 0.3) is 11.4 Å². The summed E-state index contributed by atoms with van der Waals surface area (Å²) in [6, 6.07) is 13.1. The fraction of sp³-hybridized carbons (Fsp3) is 0. The zero-order valence-corrected chi connectivity index (χ0v) is 10.4. The lowest BCUT2D eigenvalue weighted by molar-refractivity contribution is 0.480. The van der Waals surface area contributed by atoms with Gasteiger partial charge < -0.3 is 4.74 Å². The van der Waals surface area contributed by atoms with E-state index in [-0.39, 0.29) is 5.82 Å². The van der Waals surface area contributed by atoms with E-state index in [4.69, 9.17) is 4.74 Å². The molecule has 1 aromatic heterocycles. The van der Waals surface area contributed by atoms with Crippen LogP contribution in [0.2, 0.25) is 0 Å². The Bertz CT molecular complexity index is 685. The number of hydrogen-bond donors (Lipinski definition) is 0. The minimum atomic E-state index is -0.290. The maximum atomic E-state index is 12.8. The van der Waals surface area contributed by atoms with E-state index in [1.807, 2.05) is 12.1 Å². The molecule has 0 N–H and O–H groups in total. The first-order valence-corrected chi connectivity index (χ1v) is 5.99. The molecule has 20 heavy (non-hydrogen) atoms. The third kappa shape index (κ3) is 2.77. The van der Waals surface area contributed by atoms with Crippen molar-refractivity contribution in [3.8, 4) is 22.9 Å². The Morgan fingerprint density at radius 3 is 2.05 bits per heavy atom. The topological polar surface area (TPSA) is 47.9 Å². The number of benzene rings is 2. The van der Waals surface area contributed by atoms with Crippen molar-refractivity contribution in [1.29, 1.82) is 0 Å². The van der Waals surface area contributed by atoms with Gasteiger partial charge >= 0.3 is 0 Å². The molecule has 98 valence electrons. The monoisotopic (exact) mass is 267 g/mol. The molecule has 0 radical (unpaired) electrons. The van der Waals surface area contributed by atoms with E-state index in [0.29, 0.717) is 17.3 Å². The van der Waals surface area contributed by atoms with Crippen LogP contribution in [0.1, 0.15) is 0 Å². The van der Waals surface area contributed by atoms with E-state index in [9.17, 15) is 4.39 Å². The van der Waals surface area contributed by atoms with Gasteiger partial charge in [0, 0.05) is 11.8 Å². The first-order valence-electron chi connectivity index (χ1n) is 5.99. The average Bonchev–Trinajstić information content (AvgIpc) is 2.51. The van der Waals surface area contributed by atoms with E-state index in [0.717, 1.165) is 5.56 Å². The van der Waals surface area contributed by atoms with Crippen LogP contribution in [-0.4, -0.2) is 15.2 Å². The van der Waals surface area contributed by atoms with E-state index < -0.39 is 0 Å². The summed E-state index contributed by atoms with van der Waals surface area (Å²) in [5, 5.41) is 7.71. The third-order valence-corrected chi connectivity index (χ3v) is 2.64. The van der Waals surface area contributed by atoms with Gasteiger partial charge in [0.15, 0.2) is 5.82 Å². The average molecular weight is 267 g/mol. The Hall–Kier alpha value is -2.82. The second-order valence-corrected chi connectivity index (χ2v) is 4.05. The first kappa shape index (κ1) is 12.2. The molecule has 2 aromatic carbocycles. The second-order valence-electron chi connectivity index (χ2n) is 4.05. The zero-order chi connectivity index (χ0) is 13.8. The van der Waals surface area contributed by atoms with Gasteiger partial charge in [0.2, 0.25) is 0 Å². The molecule has 3 rings (SSSR count). The highest BCUT2D eigenvalue weighted by molar-refractivity contribution is 5.55. The molecule has 1 heterocycles. The largest absolute Gasteiger partial charge is 0.457 e. The second kappa shape index (κ2) is 5.44. The Morgan fingerprint density at radius 1 is 0.800 bits per heavy atom. The van der Waals surface area contributed by atoms with Crippen molar-refractivity contribution >= 4 is 0 Å². The minimum Gasteiger partial charge on any atom is -0.457 e. The van der Waals surface area contributed by atoms with Crippen LogP contribution in [0, 0.1) is 5.82 Å². The molecule has 0 atom stereocenters. The molecule has 4 nitrogen and oxygen atoms in total. The fourth-order valence-electron chi connectivity index (χ4n) is 1.69. The number of nitrogens with zero attached hydrogens (tertiary/aromatic N) is 3. The van der Waals surface area contributed by atoms with Crippen molar-refractivity contribution in [1.82, 2.24) is 15.2 Å². The minimum absolute atomic E-state index is 0.290. The molecule has 0 fully saturated rings. The van der Waals surface area contributed by atoms with Gasteiger partial charge in [-0.2, -0.15) is 5.10 Å². The zero-order valence-electron chi connectivity index (χ0n) is 10.4. The Morgan fingerprint density at radius 2 is 1.45 bits per heavy atom. The number of rotatable bonds is 3. The molecule has 0 spiro atoms. The summed E-state index contributed by atoms with van der Waals surface area (Å²) >= 11 is 0. The van der Waals surface area contributed by atoms with Crippen LogP contribution in [0.15, 0.2) is 60.9 Å². The van der Waals surface area contributed by atoms with Gasteiger partial charge in [0.05, 0.1) is 6.20 Å². The predicted octanol–water partition coefficient (Wildman–Crippen LogP) is 3.47. The van der Waals surface area contributed by atoms with E-state index in [1.54, 1.807) is 30.5 Å². The van der Waals surface area contributed by atoms with Gasteiger partial charge in [-0.05, 0) is 48.5 Å². The van der Waals surface area contributed by atoms with Crippen LogP contribution < -0.4 is 4.74 Å². The van der Waals surface area contributed by atoms with Gasteiger partial charge in [-0.1, -0.05) is 0 Å². The van der Waals surface area contributed by atoms with Crippen molar-refractivity contribution in [3.63, 3.8) is 0 Å². The normalized spacial score (nSPS) is 10.2. The SMILES string of the molecule is Fc1ccc(Oc2ccc(-c3nccnn3)cc2)cc1. The maximum absolute atomic E-state index is 12.8. The first-order chi connectivity index (χ1) is 9.81. The van der Waals surface area contributed by atoms with Crippen molar-refractivity contribution in [2.24, 2.45) is 0 Å². The summed E-state index contributed by atoms with van der Waals surface area (Å²) in [7, 11) is 0. The molecule has 0 bridgehead atoms. The van der Waals surface area contributed by atoms with Gasteiger partial charge in [0.25, 0.3) is 0 Å². The number of halogens is 1. The van der Waals surface area contributed by atoms with Crippen LogP contribution in [0.3, 0.4) is 0 Å². The van der Waals surface area contributed by atoms with Gasteiger partial charge in [-0.15, -0.1) is 5.10 Å². The van der Waals surface area contributed by atoms with Crippen molar-refractivity contribution < 1.29 is 9.13 Å². The Kier molecular flexibility index (Phi) is 3.33. The molecular weight excluding hydrogens is 257 g/mol. The third-order valence-electron chi connectivity index (χ3n) is 2.64. The quantitative estimate of drug-likeness (QED) is 0.729. The standard InChI is InChI=1S/C15H10FN3O/c16-12-3-7-14(8-4-12)20-13-5-1-11(2-6-13)15-17-9-10-18-19-15/h1-10H. The van der Waals surface area contributed by atoms with Crippen molar-refractivity contribution in [2.45, 2.75) is 0 Å². The van der Waals surface area contributed by atoms with E-state index in [1.165, 1.54) is 18.3 Å². The molecule has 3 aromatic rings. The van der Waals surface area contributed by atoms with E-state index in [2.05, 4.69) is 15.2 Å². The van der Waals surface area contributed by atoms with Crippen LogP contribution >= 0.6 is 0 Å². The van der Waals surface area contributed by atoms with Gasteiger partial charge in [-0.25, -0.2) is 9.37 Å². The fourth-order valence-corrected chi connectivity index (χ4v) is 1.69. The molecule has 0 saturated carbocycles. The summed E-state index contributed by atoms with van der Waals surface area (Å²) in [6.07, 6.45) is 3.11. The lowest BCUT2D eigenvalue weighted by Crippen LogP contribution is -1.90. The molecule has 0 unspecified atom stereocenters. The highest BCUT2D eigenvalue weighted by atomic mass is 19.1. The van der Waals surface area contributed by atoms with Gasteiger partial charge in [0.1, 0.15) is 17.3 Å². The number of aromatic nitrogens is 3. The van der Waals surface area contributed by atoms with Crippen molar-refractivity contribution in [2.75, 3.05) is 0 Å². The Labute approximate surface area is 114 Å². The number of ether oxygens (including phenoxy) is 1. The lowest BCUT2D eigenvalue weighted by Gasteiger charge is -2.06. The molecule has 0 aliphatic rings. The van der Waals surface area contributed by atoms with Crippen LogP contribution in [-0.2, 0) is 0 Å². The number of hydrogen-bond acceptors (Lipinski definition) is 4. The smallest absolute Gasteiger partial charge is 0.181 e. The summed E-state index contributed by atoms with van der Waals surface area (Å²) in [4.78, 5) is 4.12. The molecule has 0 aliphatic carbocycles. The molecule has 0 aliphatic heterocycles. The lowest BCUT2D eigenvalue weighted by atomic mass is 10.2. The molecule has 0 amide bonds. The summed E-state index contributed by atoms with van der Waals surface area (Å²) < 4.78 is 18.4. The molecular formula is C15H10FN3O. The predicted molar refractivity (Wildman–Crippen MR) is 71.7 cm³/mol. The highest BCUT2D eigenvalue weighted by Gasteiger charge is 2.02. The highest BCUT2D eigenvalue weighted by Crippen LogP contribution is 2.24. The Balaban J connectivity index is 1.78. The summed E-state index contributed by atoms with van der Waals surface area (Å²) in [5.41, 5.74) is 0.851. The summed E-state index contributed by atoms with van der Waals surface area (Å²) in [6.45, 7) is 0. The van der Waals surface area contributed by atoms with Crippen LogP contribution in [0.4, 0.5) is 4.39 Å².